The highest BCUT2D eigenvalue weighted by molar-refractivity contribution is 6.01. The molecule has 2 aromatic carbocycles. The van der Waals surface area contributed by atoms with Crippen LogP contribution >= 0.6 is 0 Å². The van der Waals surface area contributed by atoms with Crippen molar-refractivity contribution in [2.24, 2.45) is 4.99 Å². The minimum Gasteiger partial charge on any atom is -0.478 e. The van der Waals surface area contributed by atoms with Gasteiger partial charge in [0.25, 0.3) is 0 Å². The third-order valence-electron chi connectivity index (χ3n) is 4.43. The highest BCUT2D eigenvalue weighted by Gasteiger charge is 2.17. The second-order valence-electron chi connectivity index (χ2n) is 6.49. The molecular weight excluding hydrogens is 338 g/mol. The normalized spacial score (nSPS) is 14.6. The van der Waals surface area contributed by atoms with Crippen molar-refractivity contribution in [3.05, 3.63) is 71.3 Å². The van der Waals surface area contributed by atoms with Gasteiger partial charge in [-0.05, 0) is 41.7 Å². The van der Waals surface area contributed by atoms with Gasteiger partial charge >= 0.3 is 5.97 Å². The fourth-order valence-electron chi connectivity index (χ4n) is 3.21. The van der Waals surface area contributed by atoms with Gasteiger partial charge in [0.15, 0.2) is 5.96 Å². The van der Waals surface area contributed by atoms with Crippen LogP contribution in [0, 0.1) is 0 Å². The van der Waals surface area contributed by atoms with E-state index >= 15 is 0 Å². The molecule has 140 valence electrons. The van der Waals surface area contributed by atoms with Gasteiger partial charge in [0.1, 0.15) is 0 Å². The topological polar surface area (TPSA) is 73.7 Å². The zero-order valence-corrected chi connectivity index (χ0v) is 15.5. The molecule has 0 spiro atoms. The second kappa shape index (κ2) is 9.03. The number of aliphatic imine (C=N–C) groups is 1. The van der Waals surface area contributed by atoms with Crippen LogP contribution in [0.25, 0.3) is 5.57 Å². The number of nitrogens with one attached hydrogen (secondary N) is 2. The van der Waals surface area contributed by atoms with E-state index in [1.54, 1.807) is 0 Å². The highest BCUT2D eigenvalue weighted by Crippen LogP contribution is 2.31. The first kappa shape index (κ1) is 18.7. The van der Waals surface area contributed by atoms with Gasteiger partial charge in [-0.3, -0.25) is 4.99 Å². The highest BCUT2D eigenvalue weighted by atomic mass is 16.4. The summed E-state index contributed by atoms with van der Waals surface area (Å²) in [7, 11) is 0. The van der Waals surface area contributed by atoms with Crippen molar-refractivity contribution >= 4 is 23.2 Å². The van der Waals surface area contributed by atoms with Crippen LogP contribution in [0.15, 0.2) is 65.2 Å². The van der Waals surface area contributed by atoms with E-state index < -0.39 is 5.97 Å². The Balaban J connectivity index is 2.05. The number of carboxylic acids is 1. The average molecular weight is 363 g/mol. The van der Waals surface area contributed by atoms with E-state index in [9.17, 15) is 9.90 Å². The number of aliphatic carboxylic acids is 1. The van der Waals surface area contributed by atoms with Crippen LogP contribution in [-0.4, -0.2) is 30.1 Å². The molecule has 5 nitrogen and oxygen atoms in total. The number of hydrogen-bond acceptors (Lipinski definition) is 4. The van der Waals surface area contributed by atoms with Crippen molar-refractivity contribution < 1.29 is 9.90 Å². The van der Waals surface area contributed by atoms with Crippen LogP contribution in [0.1, 0.15) is 37.3 Å². The Morgan fingerprint density at radius 2 is 1.93 bits per heavy atom. The Labute approximate surface area is 159 Å². The molecule has 0 unspecified atom stereocenters. The smallest absolute Gasteiger partial charge is 0.332 e. The zero-order valence-electron chi connectivity index (χ0n) is 15.5. The van der Waals surface area contributed by atoms with E-state index in [0.29, 0.717) is 12.0 Å². The molecule has 1 heterocycles. The van der Waals surface area contributed by atoms with Gasteiger partial charge in [-0.1, -0.05) is 55.8 Å². The standard InChI is InChI=1S/C22H25N3O2/c1-2-8-19(21(26)27)20(16-9-4-3-5-10-16)17-11-6-12-18(15-17)25-22-23-13-7-14-24-22/h3-6,9-12,15H,2,7-8,13-14H2,1H3,(H,26,27)(H2,23,24,25). The van der Waals surface area contributed by atoms with Crippen molar-refractivity contribution in [3.8, 4) is 0 Å². The molecule has 5 heteroatoms. The molecule has 0 aromatic heterocycles. The molecular formula is C22H25N3O2. The van der Waals surface area contributed by atoms with Crippen LogP contribution in [0.3, 0.4) is 0 Å². The van der Waals surface area contributed by atoms with Crippen molar-refractivity contribution in [1.82, 2.24) is 5.32 Å². The fourth-order valence-corrected chi connectivity index (χ4v) is 3.21. The predicted octanol–water partition coefficient (Wildman–Crippen LogP) is 4.13. The number of guanidine groups is 1. The molecule has 0 aliphatic carbocycles. The van der Waals surface area contributed by atoms with E-state index in [4.69, 9.17) is 0 Å². The number of hydrogen-bond donors (Lipinski definition) is 3. The Morgan fingerprint density at radius 3 is 2.59 bits per heavy atom. The van der Waals surface area contributed by atoms with E-state index in [-0.39, 0.29) is 0 Å². The molecule has 27 heavy (non-hydrogen) atoms. The Kier molecular flexibility index (Phi) is 6.26. The van der Waals surface area contributed by atoms with E-state index in [2.05, 4.69) is 15.6 Å². The maximum absolute atomic E-state index is 12.0. The quantitative estimate of drug-likeness (QED) is 0.675. The Bertz CT molecular complexity index is 857. The van der Waals surface area contributed by atoms with Gasteiger partial charge in [-0.2, -0.15) is 0 Å². The van der Waals surface area contributed by atoms with Crippen LogP contribution in [0.2, 0.25) is 0 Å². The first-order chi connectivity index (χ1) is 13.2. The lowest BCUT2D eigenvalue weighted by Gasteiger charge is -2.18. The summed E-state index contributed by atoms with van der Waals surface area (Å²) in [5, 5.41) is 16.4. The monoisotopic (exact) mass is 363 g/mol. The van der Waals surface area contributed by atoms with E-state index in [0.717, 1.165) is 54.3 Å². The van der Waals surface area contributed by atoms with Crippen LogP contribution in [0.5, 0.6) is 0 Å². The van der Waals surface area contributed by atoms with E-state index in [1.165, 1.54) is 0 Å². The molecule has 0 bridgehead atoms. The number of carboxylic acid groups (broad SMARTS) is 1. The van der Waals surface area contributed by atoms with Gasteiger partial charge < -0.3 is 15.7 Å². The third kappa shape index (κ3) is 4.76. The van der Waals surface area contributed by atoms with E-state index in [1.807, 2.05) is 61.5 Å². The van der Waals surface area contributed by atoms with Crippen LogP contribution in [0.4, 0.5) is 5.69 Å². The summed E-state index contributed by atoms with van der Waals surface area (Å²) in [5.74, 6) is -0.108. The number of benzene rings is 2. The molecule has 0 atom stereocenters. The molecule has 2 aromatic rings. The van der Waals surface area contributed by atoms with Gasteiger partial charge in [0.05, 0.1) is 0 Å². The number of nitrogens with zero attached hydrogens (tertiary/aromatic N) is 1. The predicted molar refractivity (Wildman–Crippen MR) is 110 cm³/mol. The van der Waals surface area contributed by atoms with Crippen molar-refractivity contribution in [1.29, 1.82) is 0 Å². The maximum Gasteiger partial charge on any atom is 0.332 e. The summed E-state index contributed by atoms with van der Waals surface area (Å²) in [6.45, 7) is 3.71. The lowest BCUT2D eigenvalue weighted by atomic mass is 9.91. The molecule has 1 aliphatic heterocycles. The summed E-state index contributed by atoms with van der Waals surface area (Å²) in [6.07, 6.45) is 2.33. The fraction of sp³-hybridized carbons (Fsp3) is 0.273. The zero-order chi connectivity index (χ0) is 19.1. The van der Waals surface area contributed by atoms with Crippen molar-refractivity contribution in [3.63, 3.8) is 0 Å². The lowest BCUT2D eigenvalue weighted by Crippen LogP contribution is -2.35. The molecule has 3 N–H and O–H groups in total. The molecule has 0 fully saturated rings. The molecule has 0 saturated heterocycles. The maximum atomic E-state index is 12.0. The number of anilines is 1. The largest absolute Gasteiger partial charge is 0.478 e. The van der Waals surface area contributed by atoms with Crippen molar-refractivity contribution in [2.75, 3.05) is 18.4 Å². The van der Waals surface area contributed by atoms with Gasteiger partial charge in [-0.25, -0.2) is 4.79 Å². The SMILES string of the molecule is CCCC(C(=O)O)=C(c1ccccc1)c1cccc(NC2=NCCCN2)c1. The number of rotatable bonds is 6. The minimum absolute atomic E-state index is 0.439. The lowest BCUT2D eigenvalue weighted by molar-refractivity contribution is -0.132. The summed E-state index contributed by atoms with van der Waals surface area (Å²) in [6, 6.07) is 17.6. The average Bonchev–Trinajstić information content (AvgIpc) is 2.69. The van der Waals surface area contributed by atoms with Crippen molar-refractivity contribution in [2.45, 2.75) is 26.2 Å². The first-order valence-corrected chi connectivity index (χ1v) is 9.36. The van der Waals surface area contributed by atoms with Gasteiger partial charge in [0.2, 0.25) is 0 Å². The summed E-state index contributed by atoms with van der Waals surface area (Å²) < 4.78 is 0. The Morgan fingerprint density at radius 1 is 1.15 bits per heavy atom. The van der Waals surface area contributed by atoms with Gasteiger partial charge in [-0.15, -0.1) is 0 Å². The first-order valence-electron chi connectivity index (χ1n) is 9.36. The second-order valence-corrected chi connectivity index (χ2v) is 6.49. The van der Waals surface area contributed by atoms with Crippen LogP contribution < -0.4 is 10.6 Å². The molecule has 0 amide bonds. The molecule has 0 saturated carbocycles. The molecule has 1 aliphatic rings. The third-order valence-corrected chi connectivity index (χ3v) is 4.43. The summed E-state index contributed by atoms with van der Waals surface area (Å²) >= 11 is 0. The van der Waals surface area contributed by atoms with Gasteiger partial charge in [0, 0.05) is 24.4 Å². The Hall–Kier alpha value is -3.08. The number of carbonyl (C=O) groups is 1. The molecule has 3 rings (SSSR count). The summed E-state index contributed by atoms with van der Waals surface area (Å²) in [5.41, 5.74) is 3.89. The molecule has 0 radical (unpaired) electrons. The minimum atomic E-state index is -0.868. The van der Waals surface area contributed by atoms with Crippen LogP contribution in [-0.2, 0) is 4.79 Å². The summed E-state index contributed by atoms with van der Waals surface area (Å²) in [4.78, 5) is 16.4.